The minimum Gasteiger partial charge on any atom is -0.496 e. The molecule has 9 heteroatoms. The molecule has 33 heavy (non-hydrogen) atoms. The van der Waals surface area contributed by atoms with Crippen molar-refractivity contribution in [2.45, 2.75) is 31.9 Å². The third kappa shape index (κ3) is 6.57. The molecule has 0 radical (unpaired) electrons. The molecule has 0 aliphatic heterocycles. The van der Waals surface area contributed by atoms with E-state index >= 15 is 0 Å². The second kappa shape index (κ2) is 11.0. The van der Waals surface area contributed by atoms with Gasteiger partial charge in [-0.3, -0.25) is 4.79 Å². The van der Waals surface area contributed by atoms with E-state index in [1.165, 1.54) is 14.2 Å². The number of rotatable bonds is 8. The van der Waals surface area contributed by atoms with E-state index in [0.29, 0.717) is 22.9 Å². The second-order valence-electron chi connectivity index (χ2n) is 7.24. The van der Waals surface area contributed by atoms with E-state index in [1.54, 1.807) is 31.2 Å². The lowest BCUT2D eigenvalue weighted by Crippen LogP contribution is -2.16. The first-order valence-electron chi connectivity index (χ1n) is 9.90. The summed E-state index contributed by atoms with van der Waals surface area (Å²) in [6.45, 7) is 1.76. The molecule has 178 valence electrons. The van der Waals surface area contributed by atoms with Crippen LogP contribution >= 0.6 is 0 Å². The summed E-state index contributed by atoms with van der Waals surface area (Å²) >= 11 is 0. The zero-order valence-electron chi connectivity index (χ0n) is 18.6. The molecule has 0 spiro atoms. The molecule has 0 aliphatic carbocycles. The largest absolute Gasteiger partial charge is 0.496 e. The number of carbonyl (C=O) groups excluding carboxylic acids is 2. The van der Waals surface area contributed by atoms with Crippen LogP contribution in [0.25, 0.3) is 6.08 Å². The van der Waals surface area contributed by atoms with E-state index in [4.69, 9.17) is 14.2 Å². The van der Waals surface area contributed by atoms with Crippen molar-refractivity contribution in [3.8, 4) is 5.75 Å². The molecule has 2 rings (SSSR count). The van der Waals surface area contributed by atoms with Crippen LogP contribution in [0.5, 0.6) is 5.75 Å². The Kier molecular flexibility index (Phi) is 8.62. The molecule has 0 heterocycles. The lowest BCUT2D eigenvalue weighted by molar-refractivity contribution is -0.143. The van der Waals surface area contributed by atoms with Crippen LogP contribution in [0.1, 0.15) is 51.4 Å². The van der Waals surface area contributed by atoms with Gasteiger partial charge in [-0.05, 0) is 66.8 Å². The van der Waals surface area contributed by atoms with Gasteiger partial charge in [0, 0.05) is 0 Å². The van der Waals surface area contributed by atoms with Gasteiger partial charge in [0.05, 0.1) is 32.8 Å². The highest BCUT2D eigenvalue weighted by Gasteiger charge is 2.33. The van der Waals surface area contributed by atoms with Crippen LogP contribution in [-0.4, -0.2) is 33.3 Å². The maximum atomic E-state index is 13.8. The van der Waals surface area contributed by atoms with Crippen molar-refractivity contribution in [1.82, 2.24) is 0 Å². The van der Waals surface area contributed by atoms with Crippen LogP contribution in [0.15, 0.2) is 36.4 Å². The Bertz CT molecular complexity index is 1040. The van der Waals surface area contributed by atoms with Crippen LogP contribution < -0.4 is 4.74 Å². The summed E-state index contributed by atoms with van der Waals surface area (Å²) < 4.78 is 67.7. The SMILES string of the molecule is COC(=O)c1cc(/C=C/CCC(C(=O)OC)c2cc(F)cc(C(F)(F)F)c2)cc(C)c1OC. The zero-order valence-corrected chi connectivity index (χ0v) is 18.6. The Balaban J connectivity index is 2.26. The molecule has 1 atom stereocenters. The molecule has 0 amide bonds. The molecular formula is C24H24F4O5. The van der Waals surface area contributed by atoms with Crippen molar-refractivity contribution in [2.75, 3.05) is 21.3 Å². The van der Waals surface area contributed by atoms with E-state index in [2.05, 4.69) is 0 Å². The summed E-state index contributed by atoms with van der Waals surface area (Å²) in [5.41, 5.74) is 0.314. The van der Waals surface area contributed by atoms with Gasteiger partial charge in [0.25, 0.3) is 0 Å². The van der Waals surface area contributed by atoms with E-state index in [-0.39, 0.29) is 24.0 Å². The highest BCUT2D eigenvalue weighted by molar-refractivity contribution is 5.93. The number of aryl methyl sites for hydroxylation is 1. The molecule has 5 nitrogen and oxygen atoms in total. The maximum Gasteiger partial charge on any atom is 0.416 e. The Morgan fingerprint density at radius 3 is 2.30 bits per heavy atom. The van der Waals surface area contributed by atoms with Gasteiger partial charge in [-0.15, -0.1) is 0 Å². The minimum absolute atomic E-state index is 0.0862. The fourth-order valence-electron chi connectivity index (χ4n) is 3.45. The highest BCUT2D eigenvalue weighted by Crippen LogP contribution is 2.34. The average Bonchev–Trinajstić information content (AvgIpc) is 2.76. The number of ether oxygens (including phenoxy) is 3. The summed E-state index contributed by atoms with van der Waals surface area (Å²) in [5.74, 6) is -3.12. The van der Waals surface area contributed by atoms with Crippen LogP contribution in [0, 0.1) is 12.7 Å². The fraction of sp³-hybridized carbons (Fsp3) is 0.333. The first-order valence-corrected chi connectivity index (χ1v) is 9.90. The molecule has 2 aromatic carbocycles. The lowest BCUT2D eigenvalue weighted by Gasteiger charge is -2.16. The molecular weight excluding hydrogens is 444 g/mol. The normalized spacial score (nSPS) is 12.5. The van der Waals surface area contributed by atoms with Crippen LogP contribution in [0.2, 0.25) is 0 Å². The van der Waals surface area contributed by atoms with Gasteiger partial charge in [0.1, 0.15) is 17.1 Å². The number of allylic oxidation sites excluding steroid dienone is 1. The zero-order chi connectivity index (χ0) is 24.8. The average molecular weight is 468 g/mol. The molecule has 2 aromatic rings. The summed E-state index contributed by atoms with van der Waals surface area (Å²) in [7, 11) is 3.81. The number of hydrogen-bond acceptors (Lipinski definition) is 5. The number of halogens is 4. The monoisotopic (exact) mass is 468 g/mol. The second-order valence-corrected chi connectivity index (χ2v) is 7.24. The smallest absolute Gasteiger partial charge is 0.416 e. The summed E-state index contributed by atoms with van der Waals surface area (Å²) in [5, 5.41) is 0. The van der Waals surface area contributed by atoms with Crippen molar-refractivity contribution >= 4 is 18.0 Å². The number of hydrogen-bond donors (Lipinski definition) is 0. The van der Waals surface area contributed by atoms with Crippen molar-refractivity contribution in [2.24, 2.45) is 0 Å². The van der Waals surface area contributed by atoms with E-state index in [0.717, 1.165) is 19.2 Å². The molecule has 0 aliphatic rings. The van der Waals surface area contributed by atoms with Crippen molar-refractivity contribution < 1.29 is 41.4 Å². The molecule has 0 aromatic heterocycles. The predicted molar refractivity (Wildman–Crippen MR) is 113 cm³/mol. The Hall–Kier alpha value is -3.36. The predicted octanol–water partition coefficient (Wildman–Crippen LogP) is 5.70. The van der Waals surface area contributed by atoms with Crippen LogP contribution in [-0.2, 0) is 20.4 Å². The van der Waals surface area contributed by atoms with E-state index in [1.807, 2.05) is 0 Å². The standard InChI is InChI=1S/C24H24F4O5/c1-14-9-15(10-20(21(14)31-2)23(30)33-4)7-5-6-8-19(22(29)32-3)16-11-17(24(26,27)28)13-18(25)12-16/h5,7,9-13,19H,6,8H2,1-4H3/b7-5+. The molecule has 1 unspecified atom stereocenters. The number of benzene rings is 2. The van der Waals surface area contributed by atoms with Crippen molar-refractivity contribution in [3.63, 3.8) is 0 Å². The lowest BCUT2D eigenvalue weighted by atomic mass is 9.92. The Morgan fingerprint density at radius 2 is 1.73 bits per heavy atom. The number of alkyl halides is 3. The summed E-state index contributed by atoms with van der Waals surface area (Å²) in [6.07, 6.45) is -0.998. The molecule has 0 bridgehead atoms. The van der Waals surface area contributed by atoms with Crippen LogP contribution in [0.4, 0.5) is 17.6 Å². The number of carbonyl (C=O) groups is 2. The van der Waals surface area contributed by atoms with Crippen molar-refractivity contribution in [1.29, 1.82) is 0 Å². The molecule has 0 fully saturated rings. The highest BCUT2D eigenvalue weighted by atomic mass is 19.4. The van der Waals surface area contributed by atoms with Gasteiger partial charge in [-0.25, -0.2) is 9.18 Å². The topological polar surface area (TPSA) is 61.8 Å². The summed E-state index contributed by atoms with van der Waals surface area (Å²) in [4.78, 5) is 24.2. The molecule has 0 N–H and O–H groups in total. The van der Waals surface area contributed by atoms with Gasteiger partial charge in [0.15, 0.2) is 0 Å². The minimum atomic E-state index is -4.75. The van der Waals surface area contributed by atoms with Gasteiger partial charge in [-0.1, -0.05) is 12.2 Å². The summed E-state index contributed by atoms with van der Waals surface area (Å²) in [6, 6.07) is 5.39. The number of methoxy groups -OCH3 is 3. The van der Waals surface area contributed by atoms with Gasteiger partial charge in [0.2, 0.25) is 0 Å². The van der Waals surface area contributed by atoms with E-state index in [9.17, 15) is 27.2 Å². The third-order valence-electron chi connectivity index (χ3n) is 4.97. The third-order valence-corrected chi connectivity index (χ3v) is 4.97. The molecule has 0 saturated heterocycles. The van der Waals surface area contributed by atoms with Gasteiger partial charge < -0.3 is 14.2 Å². The first-order chi connectivity index (χ1) is 15.5. The fourth-order valence-corrected chi connectivity index (χ4v) is 3.45. The van der Waals surface area contributed by atoms with Crippen LogP contribution in [0.3, 0.4) is 0 Å². The Morgan fingerprint density at radius 1 is 1.03 bits per heavy atom. The quantitative estimate of drug-likeness (QED) is 0.368. The number of esters is 2. The maximum absolute atomic E-state index is 13.8. The van der Waals surface area contributed by atoms with Crippen molar-refractivity contribution in [3.05, 3.63) is 70.0 Å². The molecule has 0 saturated carbocycles. The van der Waals surface area contributed by atoms with Gasteiger partial charge in [-0.2, -0.15) is 13.2 Å². The van der Waals surface area contributed by atoms with Gasteiger partial charge >= 0.3 is 18.1 Å². The Labute approximate surface area is 189 Å². The first kappa shape index (κ1) is 25.9. The van der Waals surface area contributed by atoms with E-state index < -0.39 is 35.4 Å².